The number of rotatable bonds is 1. The lowest BCUT2D eigenvalue weighted by Crippen LogP contribution is -2.50. The fourth-order valence-electron chi connectivity index (χ4n) is 3.10. The molecule has 4 heterocycles. The van der Waals surface area contributed by atoms with Crippen LogP contribution in [0.15, 0.2) is 18.7 Å². The highest BCUT2D eigenvalue weighted by molar-refractivity contribution is 5.92. The van der Waals surface area contributed by atoms with Crippen molar-refractivity contribution in [3.05, 3.63) is 30.1 Å². The normalized spacial score (nSPS) is 24.5. The van der Waals surface area contributed by atoms with Crippen LogP contribution >= 0.6 is 0 Å². The molecule has 0 N–H and O–H groups in total. The zero-order chi connectivity index (χ0) is 14.4. The Balaban J connectivity index is 1.54. The molecule has 2 aliphatic rings. The van der Waals surface area contributed by atoms with Gasteiger partial charge in [0.05, 0.1) is 43.2 Å². The van der Waals surface area contributed by atoms with Gasteiger partial charge in [0.15, 0.2) is 0 Å². The first-order valence-electron chi connectivity index (χ1n) is 7.00. The highest BCUT2D eigenvalue weighted by atomic mass is 16.5. The van der Waals surface area contributed by atoms with Gasteiger partial charge in [0.1, 0.15) is 5.69 Å². The Labute approximate surface area is 121 Å². The van der Waals surface area contributed by atoms with Crippen LogP contribution < -0.4 is 0 Å². The van der Waals surface area contributed by atoms with Crippen molar-refractivity contribution in [2.24, 2.45) is 7.05 Å². The Bertz CT molecular complexity index is 678. The maximum absolute atomic E-state index is 12.5. The largest absolute Gasteiger partial charge is 0.368 e. The van der Waals surface area contributed by atoms with Crippen molar-refractivity contribution in [1.29, 1.82) is 0 Å². The highest BCUT2D eigenvalue weighted by Gasteiger charge is 2.38. The van der Waals surface area contributed by atoms with Crippen molar-refractivity contribution in [1.82, 2.24) is 29.4 Å². The van der Waals surface area contributed by atoms with Gasteiger partial charge in [-0.3, -0.25) is 4.79 Å². The first-order chi connectivity index (χ1) is 10.2. The first kappa shape index (κ1) is 12.5. The van der Waals surface area contributed by atoms with Gasteiger partial charge in [0.2, 0.25) is 0 Å². The molecule has 1 amide bonds. The third kappa shape index (κ3) is 1.94. The maximum atomic E-state index is 12.5. The van der Waals surface area contributed by atoms with Crippen molar-refractivity contribution >= 4 is 5.91 Å². The SMILES string of the molecule is Cn1cncc1C(=O)N1CC[C@H]2[C@H](C1)OCc1cnnn12. The number of imidazole rings is 1. The van der Waals surface area contributed by atoms with Crippen LogP contribution in [0.25, 0.3) is 0 Å². The summed E-state index contributed by atoms with van der Waals surface area (Å²) in [4.78, 5) is 18.4. The van der Waals surface area contributed by atoms with Gasteiger partial charge in [-0.1, -0.05) is 5.21 Å². The number of aromatic nitrogens is 5. The van der Waals surface area contributed by atoms with Crippen molar-refractivity contribution in [3.63, 3.8) is 0 Å². The second-order valence-corrected chi connectivity index (χ2v) is 5.52. The van der Waals surface area contributed by atoms with Crippen LogP contribution in [-0.4, -0.2) is 54.5 Å². The number of aryl methyl sites for hydroxylation is 1. The number of carbonyl (C=O) groups is 1. The Morgan fingerprint density at radius 3 is 3.14 bits per heavy atom. The third-order valence-corrected chi connectivity index (χ3v) is 4.26. The van der Waals surface area contributed by atoms with E-state index in [4.69, 9.17) is 4.74 Å². The summed E-state index contributed by atoms with van der Waals surface area (Å²) in [6.45, 7) is 1.77. The molecule has 0 aliphatic carbocycles. The van der Waals surface area contributed by atoms with E-state index in [-0.39, 0.29) is 18.1 Å². The summed E-state index contributed by atoms with van der Waals surface area (Å²) in [5, 5.41) is 8.09. The van der Waals surface area contributed by atoms with Crippen molar-refractivity contribution in [2.45, 2.75) is 25.2 Å². The number of hydrogen-bond acceptors (Lipinski definition) is 5. The molecule has 2 aromatic rings. The molecule has 0 unspecified atom stereocenters. The lowest BCUT2D eigenvalue weighted by molar-refractivity contribution is -0.0629. The Hall–Kier alpha value is -2.22. The summed E-state index contributed by atoms with van der Waals surface area (Å²) in [5.74, 6) is 0.00133. The number of hydrogen-bond donors (Lipinski definition) is 0. The maximum Gasteiger partial charge on any atom is 0.272 e. The Morgan fingerprint density at radius 2 is 2.33 bits per heavy atom. The van der Waals surface area contributed by atoms with Crippen molar-refractivity contribution < 1.29 is 9.53 Å². The first-order valence-corrected chi connectivity index (χ1v) is 7.00. The van der Waals surface area contributed by atoms with E-state index in [2.05, 4.69) is 15.3 Å². The highest BCUT2D eigenvalue weighted by Crippen LogP contribution is 2.30. The molecule has 8 nitrogen and oxygen atoms in total. The van der Waals surface area contributed by atoms with Gasteiger partial charge in [-0.05, 0) is 6.42 Å². The molecule has 2 aromatic heterocycles. The lowest BCUT2D eigenvalue weighted by atomic mass is 10.00. The van der Waals surface area contributed by atoms with E-state index in [1.165, 1.54) is 0 Å². The van der Waals surface area contributed by atoms with Gasteiger partial charge in [-0.2, -0.15) is 0 Å². The van der Waals surface area contributed by atoms with Crippen LogP contribution in [0, 0.1) is 0 Å². The summed E-state index contributed by atoms with van der Waals surface area (Å²) >= 11 is 0. The molecule has 0 spiro atoms. The van der Waals surface area contributed by atoms with Crippen molar-refractivity contribution in [2.75, 3.05) is 13.1 Å². The van der Waals surface area contributed by atoms with E-state index in [0.717, 1.165) is 12.1 Å². The molecule has 1 saturated heterocycles. The zero-order valence-electron chi connectivity index (χ0n) is 11.7. The average molecular weight is 288 g/mol. The number of piperidine rings is 1. The number of ether oxygens (including phenoxy) is 1. The van der Waals surface area contributed by atoms with Crippen LogP contribution in [0.4, 0.5) is 0 Å². The average Bonchev–Trinajstić information content (AvgIpc) is 3.14. The number of fused-ring (bicyclic) bond motifs is 3. The van der Waals surface area contributed by atoms with Crippen LogP contribution in [0.5, 0.6) is 0 Å². The van der Waals surface area contributed by atoms with Gasteiger partial charge in [0, 0.05) is 20.1 Å². The minimum Gasteiger partial charge on any atom is -0.368 e. The van der Waals surface area contributed by atoms with Gasteiger partial charge in [-0.25, -0.2) is 9.67 Å². The van der Waals surface area contributed by atoms with Crippen molar-refractivity contribution in [3.8, 4) is 0 Å². The molecule has 21 heavy (non-hydrogen) atoms. The van der Waals surface area contributed by atoms with E-state index in [1.54, 1.807) is 23.3 Å². The molecule has 0 bridgehead atoms. The minimum absolute atomic E-state index is 0.00133. The fraction of sp³-hybridized carbons (Fsp3) is 0.538. The van der Waals surface area contributed by atoms with E-state index < -0.39 is 0 Å². The molecule has 0 saturated carbocycles. The summed E-state index contributed by atoms with van der Waals surface area (Å²) in [6.07, 6.45) is 5.78. The fourth-order valence-corrected chi connectivity index (χ4v) is 3.10. The quantitative estimate of drug-likeness (QED) is 0.738. The molecule has 4 rings (SSSR count). The Kier molecular flexibility index (Phi) is 2.78. The van der Waals surface area contributed by atoms with Gasteiger partial charge < -0.3 is 14.2 Å². The van der Waals surface area contributed by atoms with Gasteiger partial charge in [0.25, 0.3) is 5.91 Å². The zero-order valence-corrected chi connectivity index (χ0v) is 11.7. The van der Waals surface area contributed by atoms with Crippen LogP contribution in [0.1, 0.15) is 28.6 Å². The second kappa shape index (κ2) is 4.66. The number of likely N-dealkylation sites (tertiary alicyclic amines) is 1. The molecule has 1 fully saturated rings. The molecule has 0 radical (unpaired) electrons. The van der Waals surface area contributed by atoms with Crippen LogP contribution in [0.2, 0.25) is 0 Å². The lowest BCUT2D eigenvalue weighted by Gasteiger charge is -2.40. The smallest absolute Gasteiger partial charge is 0.272 e. The topological polar surface area (TPSA) is 78.1 Å². The Morgan fingerprint density at radius 1 is 1.43 bits per heavy atom. The molecule has 0 aromatic carbocycles. The third-order valence-electron chi connectivity index (χ3n) is 4.26. The van der Waals surface area contributed by atoms with Gasteiger partial charge >= 0.3 is 0 Å². The summed E-state index contributed by atoms with van der Waals surface area (Å²) < 4.78 is 9.56. The predicted octanol–water partition coefficient (Wildman–Crippen LogP) is -0.00240. The molecule has 8 heteroatoms. The standard InChI is InChI=1S/C13H16N6O2/c1-17-8-14-5-11(17)13(20)18-3-2-10-12(6-18)21-7-9-4-15-16-19(9)10/h4-5,8,10,12H,2-3,6-7H2,1H3/t10-,12-/m0/s1. The number of nitrogens with zero attached hydrogens (tertiary/aromatic N) is 6. The molecule has 110 valence electrons. The van der Waals surface area contributed by atoms with Gasteiger partial charge in [-0.15, -0.1) is 5.10 Å². The van der Waals surface area contributed by atoms with E-state index in [9.17, 15) is 4.79 Å². The summed E-state index contributed by atoms with van der Waals surface area (Å²) in [6, 6.07) is 0.173. The minimum atomic E-state index is -0.0230. The van der Waals surface area contributed by atoms with E-state index in [0.29, 0.717) is 25.4 Å². The monoisotopic (exact) mass is 288 g/mol. The summed E-state index contributed by atoms with van der Waals surface area (Å²) in [7, 11) is 1.83. The number of carbonyl (C=O) groups excluding carboxylic acids is 1. The predicted molar refractivity (Wildman–Crippen MR) is 71.4 cm³/mol. The van der Waals surface area contributed by atoms with E-state index in [1.807, 2.05) is 16.6 Å². The molecule has 2 aliphatic heterocycles. The van der Waals surface area contributed by atoms with Crippen LogP contribution in [0.3, 0.4) is 0 Å². The molecular formula is C13H16N6O2. The summed E-state index contributed by atoms with van der Waals surface area (Å²) in [5.41, 5.74) is 1.60. The molecular weight excluding hydrogens is 272 g/mol. The second-order valence-electron chi connectivity index (χ2n) is 5.52. The van der Waals surface area contributed by atoms with Crippen LogP contribution in [-0.2, 0) is 18.4 Å². The molecule has 2 atom stereocenters. The van der Waals surface area contributed by atoms with E-state index >= 15 is 0 Å². The number of amides is 1.